The molecule has 1 saturated heterocycles. The lowest BCUT2D eigenvalue weighted by molar-refractivity contribution is -0.137. The number of halogens is 3. The lowest BCUT2D eigenvalue weighted by Gasteiger charge is -2.21. The fourth-order valence-corrected chi connectivity index (χ4v) is 4.46. The summed E-state index contributed by atoms with van der Waals surface area (Å²) < 4.78 is 48.2. The molecule has 0 atom stereocenters. The maximum Gasteiger partial charge on any atom is 0.418 e. The van der Waals surface area contributed by atoms with E-state index in [9.17, 15) is 18.0 Å². The zero-order valence-electron chi connectivity index (χ0n) is 19.3. The number of alkyl halides is 3. The first-order valence-corrected chi connectivity index (χ1v) is 11.3. The van der Waals surface area contributed by atoms with Crippen molar-refractivity contribution in [2.45, 2.75) is 32.9 Å². The van der Waals surface area contributed by atoms with Gasteiger partial charge in [-0.3, -0.25) is 4.79 Å². The Morgan fingerprint density at radius 1 is 0.971 bits per heavy atom. The first-order chi connectivity index (χ1) is 16.7. The highest BCUT2D eigenvalue weighted by atomic mass is 19.4. The van der Waals surface area contributed by atoms with Gasteiger partial charge in [0.25, 0.3) is 5.56 Å². The second-order valence-electron chi connectivity index (χ2n) is 8.78. The molecule has 0 unspecified atom stereocenters. The Bertz CT molecular complexity index is 1440. The third-order valence-corrected chi connectivity index (χ3v) is 6.17. The molecule has 0 radical (unpaired) electrons. The molecule has 6 nitrogen and oxygen atoms in total. The predicted molar refractivity (Wildman–Crippen MR) is 127 cm³/mol. The van der Waals surface area contributed by atoms with Crippen LogP contribution in [0.5, 0.6) is 0 Å². The minimum atomic E-state index is -4.65. The van der Waals surface area contributed by atoms with Gasteiger partial charge in [0.05, 0.1) is 23.1 Å². The van der Waals surface area contributed by atoms with Crippen molar-refractivity contribution in [2.75, 3.05) is 18.0 Å². The van der Waals surface area contributed by atoms with Gasteiger partial charge < -0.3 is 9.32 Å². The molecule has 1 aliphatic rings. The molecular formula is C26H23F3N4O2. The lowest BCUT2D eigenvalue weighted by Crippen LogP contribution is -2.27. The summed E-state index contributed by atoms with van der Waals surface area (Å²) >= 11 is 0. The highest BCUT2D eigenvalue weighted by Crippen LogP contribution is 2.36. The van der Waals surface area contributed by atoms with Crippen LogP contribution in [0.25, 0.3) is 28.3 Å². The molecular weight excluding hydrogens is 457 g/mol. The molecule has 2 aromatic heterocycles. The van der Waals surface area contributed by atoms with E-state index >= 15 is 0 Å². The number of hydrogen-bond acceptors (Lipinski definition) is 5. The monoisotopic (exact) mass is 480 g/mol. The summed E-state index contributed by atoms with van der Waals surface area (Å²) in [5.74, 6) is 0.553. The van der Waals surface area contributed by atoms with E-state index in [0.29, 0.717) is 22.7 Å². The standard InChI is InChI=1S/C26H23F3N4O2/c1-16-9-18(12-19(10-16)24-14-30-15-35-24)22-11-17(2)25(34)33(31-22)23-13-20(32-7-3-4-8-32)5-6-21(23)26(27,28)29/h5-6,9-15H,3-4,7-8H2,1-2H3. The van der Waals surface area contributed by atoms with Gasteiger partial charge in [0.2, 0.25) is 0 Å². The van der Waals surface area contributed by atoms with E-state index in [1.165, 1.54) is 18.5 Å². The van der Waals surface area contributed by atoms with Gasteiger partial charge in [0.1, 0.15) is 0 Å². The number of anilines is 1. The zero-order valence-corrected chi connectivity index (χ0v) is 19.3. The maximum absolute atomic E-state index is 14.0. The minimum absolute atomic E-state index is 0.278. The van der Waals surface area contributed by atoms with Crippen LogP contribution >= 0.6 is 0 Å². The van der Waals surface area contributed by atoms with Crippen LogP contribution in [0, 0.1) is 13.8 Å². The number of oxazole rings is 1. The average molecular weight is 480 g/mol. The second-order valence-corrected chi connectivity index (χ2v) is 8.78. The maximum atomic E-state index is 14.0. The van der Waals surface area contributed by atoms with E-state index in [0.717, 1.165) is 47.8 Å². The van der Waals surface area contributed by atoms with Crippen LogP contribution in [0.1, 0.15) is 29.5 Å². The number of nitrogens with zero attached hydrogens (tertiary/aromatic N) is 4. The van der Waals surface area contributed by atoms with Crippen LogP contribution in [0.4, 0.5) is 18.9 Å². The summed E-state index contributed by atoms with van der Waals surface area (Å²) in [5, 5.41) is 4.42. The third kappa shape index (κ3) is 4.45. The van der Waals surface area contributed by atoms with Gasteiger partial charge in [-0.05, 0) is 74.7 Å². The van der Waals surface area contributed by atoms with Crippen molar-refractivity contribution < 1.29 is 17.6 Å². The molecule has 1 aliphatic heterocycles. The fourth-order valence-electron chi connectivity index (χ4n) is 4.46. The lowest BCUT2D eigenvalue weighted by atomic mass is 10.0. The number of aromatic nitrogens is 3. The molecule has 180 valence electrons. The molecule has 0 amide bonds. The minimum Gasteiger partial charge on any atom is -0.444 e. The van der Waals surface area contributed by atoms with Gasteiger partial charge in [-0.15, -0.1) is 0 Å². The number of aryl methyl sites for hydroxylation is 2. The molecule has 1 fully saturated rings. The Labute approximate surface area is 199 Å². The van der Waals surface area contributed by atoms with Gasteiger partial charge >= 0.3 is 6.18 Å². The van der Waals surface area contributed by atoms with Gasteiger partial charge in [-0.2, -0.15) is 23.0 Å². The van der Waals surface area contributed by atoms with Crippen LogP contribution in [0.15, 0.2) is 64.3 Å². The largest absolute Gasteiger partial charge is 0.444 e. The van der Waals surface area contributed by atoms with E-state index in [2.05, 4.69) is 10.1 Å². The molecule has 5 rings (SSSR count). The molecule has 4 aromatic rings. The van der Waals surface area contributed by atoms with Crippen LogP contribution in [-0.4, -0.2) is 27.9 Å². The van der Waals surface area contributed by atoms with Crippen molar-refractivity contribution in [2.24, 2.45) is 0 Å². The zero-order chi connectivity index (χ0) is 24.7. The highest BCUT2D eigenvalue weighted by molar-refractivity contribution is 5.70. The number of hydrogen-bond donors (Lipinski definition) is 0. The molecule has 2 aromatic carbocycles. The fraction of sp³-hybridized carbons (Fsp3) is 0.269. The van der Waals surface area contributed by atoms with Crippen LogP contribution in [0.3, 0.4) is 0 Å². The summed E-state index contributed by atoms with van der Waals surface area (Å²) in [5.41, 5.74) is 1.84. The summed E-state index contributed by atoms with van der Waals surface area (Å²) in [4.78, 5) is 19.1. The highest BCUT2D eigenvalue weighted by Gasteiger charge is 2.35. The quantitative estimate of drug-likeness (QED) is 0.370. The normalized spacial score (nSPS) is 14.0. The molecule has 0 aliphatic carbocycles. The Morgan fingerprint density at radius 3 is 2.40 bits per heavy atom. The van der Waals surface area contributed by atoms with Crippen molar-refractivity contribution in [1.29, 1.82) is 0 Å². The second kappa shape index (κ2) is 8.72. The number of rotatable bonds is 4. The molecule has 0 spiro atoms. The van der Waals surface area contributed by atoms with Crippen molar-refractivity contribution in [3.63, 3.8) is 0 Å². The SMILES string of the molecule is Cc1cc(-c2cc(C)c(=O)n(-c3cc(N4CCCC4)ccc3C(F)(F)F)n2)cc(-c2cnco2)c1. The van der Waals surface area contributed by atoms with Gasteiger partial charge in [0.15, 0.2) is 12.2 Å². The summed E-state index contributed by atoms with van der Waals surface area (Å²) in [7, 11) is 0. The van der Waals surface area contributed by atoms with E-state index in [1.807, 2.05) is 30.0 Å². The topological polar surface area (TPSA) is 64.2 Å². The van der Waals surface area contributed by atoms with Crippen LogP contribution < -0.4 is 10.5 Å². The molecule has 3 heterocycles. The third-order valence-electron chi connectivity index (χ3n) is 6.17. The van der Waals surface area contributed by atoms with Crippen molar-refractivity contribution in [1.82, 2.24) is 14.8 Å². The van der Waals surface area contributed by atoms with Crippen molar-refractivity contribution >= 4 is 5.69 Å². The number of benzene rings is 2. The van der Waals surface area contributed by atoms with Gasteiger partial charge in [0, 0.05) is 35.5 Å². The predicted octanol–water partition coefficient (Wildman–Crippen LogP) is 5.79. The molecule has 9 heteroatoms. The van der Waals surface area contributed by atoms with E-state index in [-0.39, 0.29) is 11.3 Å². The summed E-state index contributed by atoms with van der Waals surface area (Å²) in [6.07, 6.45) is 0.213. The molecule has 35 heavy (non-hydrogen) atoms. The molecule has 0 N–H and O–H groups in total. The summed E-state index contributed by atoms with van der Waals surface area (Å²) in [6.45, 7) is 5.00. The van der Waals surface area contributed by atoms with Gasteiger partial charge in [-0.1, -0.05) is 0 Å². The Balaban J connectivity index is 1.70. The molecule has 0 bridgehead atoms. The van der Waals surface area contributed by atoms with E-state index < -0.39 is 17.3 Å². The van der Waals surface area contributed by atoms with Gasteiger partial charge in [-0.25, -0.2) is 4.98 Å². The average Bonchev–Trinajstić information content (AvgIpc) is 3.54. The van der Waals surface area contributed by atoms with E-state index in [4.69, 9.17) is 4.42 Å². The Morgan fingerprint density at radius 2 is 1.71 bits per heavy atom. The summed E-state index contributed by atoms with van der Waals surface area (Å²) in [6, 6.07) is 11.1. The smallest absolute Gasteiger partial charge is 0.418 e. The first-order valence-electron chi connectivity index (χ1n) is 11.3. The van der Waals surface area contributed by atoms with Crippen molar-refractivity contribution in [3.05, 3.63) is 82.1 Å². The Hall–Kier alpha value is -3.88. The molecule has 0 saturated carbocycles. The van der Waals surface area contributed by atoms with E-state index in [1.54, 1.807) is 19.2 Å². The van der Waals surface area contributed by atoms with Crippen LogP contribution in [-0.2, 0) is 6.18 Å². The Kier molecular flexibility index (Phi) is 5.70. The van der Waals surface area contributed by atoms with Crippen LogP contribution in [0.2, 0.25) is 0 Å². The van der Waals surface area contributed by atoms with Crippen molar-refractivity contribution in [3.8, 4) is 28.3 Å². The first kappa shape index (κ1) is 22.9.